The zero-order chi connectivity index (χ0) is 20.4. The number of nitrogens with zero attached hydrogens (tertiary/aromatic N) is 1. The second kappa shape index (κ2) is 7.63. The number of benzene rings is 2. The Morgan fingerprint density at radius 1 is 0.897 bits per heavy atom. The average molecular weight is 417 g/mol. The van der Waals surface area contributed by atoms with E-state index in [4.69, 9.17) is 9.47 Å². The van der Waals surface area contributed by atoms with E-state index in [0.717, 1.165) is 0 Å². The zero-order valence-electron chi connectivity index (χ0n) is 15.4. The van der Waals surface area contributed by atoms with E-state index in [-0.39, 0.29) is 5.75 Å². The van der Waals surface area contributed by atoms with Crippen molar-refractivity contribution >= 4 is 38.9 Å². The topological polar surface area (TPSA) is 114 Å². The van der Waals surface area contributed by atoms with Crippen molar-refractivity contribution in [2.45, 2.75) is 6.42 Å². The molecular weight excluding hydrogens is 398 g/mol. The van der Waals surface area contributed by atoms with E-state index in [9.17, 15) is 18.0 Å². The highest BCUT2D eigenvalue weighted by Crippen LogP contribution is 2.32. The first-order chi connectivity index (χ1) is 13.9. The molecule has 0 atom stereocenters. The van der Waals surface area contributed by atoms with E-state index in [1.54, 1.807) is 36.4 Å². The zero-order valence-corrected chi connectivity index (χ0v) is 16.2. The molecule has 0 saturated carbocycles. The van der Waals surface area contributed by atoms with Gasteiger partial charge >= 0.3 is 11.8 Å². The van der Waals surface area contributed by atoms with Gasteiger partial charge in [0.25, 0.3) is 0 Å². The number of fused-ring (bicyclic) bond motifs is 1. The van der Waals surface area contributed by atoms with Crippen molar-refractivity contribution in [3.05, 3.63) is 42.5 Å². The van der Waals surface area contributed by atoms with Crippen LogP contribution in [0, 0.1) is 0 Å². The number of nitrogens with one attached hydrogen (secondary N) is 2. The fraction of sp³-hybridized carbons (Fsp3) is 0.263. The number of ether oxygens (including phenoxy) is 2. The molecule has 2 aromatic rings. The van der Waals surface area contributed by atoms with E-state index < -0.39 is 21.8 Å². The van der Waals surface area contributed by atoms with Crippen molar-refractivity contribution in [3.63, 3.8) is 0 Å². The Morgan fingerprint density at radius 2 is 1.59 bits per heavy atom. The third-order valence-electron chi connectivity index (χ3n) is 4.50. The first kappa shape index (κ1) is 19.1. The number of amides is 2. The highest BCUT2D eigenvalue weighted by molar-refractivity contribution is 7.93. The number of carbonyl (C=O) groups excluding carboxylic acids is 2. The van der Waals surface area contributed by atoms with Gasteiger partial charge in [0.15, 0.2) is 11.5 Å². The van der Waals surface area contributed by atoms with Crippen LogP contribution in [0.15, 0.2) is 42.5 Å². The van der Waals surface area contributed by atoms with Crippen LogP contribution in [0.5, 0.6) is 11.5 Å². The molecule has 9 nitrogen and oxygen atoms in total. The van der Waals surface area contributed by atoms with Crippen LogP contribution in [-0.4, -0.2) is 45.7 Å². The summed E-state index contributed by atoms with van der Waals surface area (Å²) in [5.74, 6) is -0.565. The van der Waals surface area contributed by atoms with Crippen LogP contribution in [0.2, 0.25) is 0 Å². The fourth-order valence-corrected chi connectivity index (χ4v) is 4.72. The molecule has 4 rings (SSSR count). The SMILES string of the molecule is O=C(Nc1cccc(N2CCCS2(=O)=O)c1)C(=O)Nc1ccc2c(c1)OCCO2. The van der Waals surface area contributed by atoms with Crippen molar-refractivity contribution in [1.82, 2.24) is 0 Å². The van der Waals surface area contributed by atoms with Crippen LogP contribution in [-0.2, 0) is 19.6 Å². The van der Waals surface area contributed by atoms with Gasteiger partial charge in [-0.3, -0.25) is 13.9 Å². The van der Waals surface area contributed by atoms with E-state index in [0.29, 0.717) is 54.7 Å². The van der Waals surface area contributed by atoms with Crippen molar-refractivity contribution in [3.8, 4) is 11.5 Å². The summed E-state index contributed by atoms with van der Waals surface area (Å²) in [6, 6.07) is 11.2. The molecule has 0 radical (unpaired) electrons. The van der Waals surface area contributed by atoms with E-state index in [1.165, 1.54) is 10.4 Å². The van der Waals surface area contributed by atoms with Gasteiger partial charge < -0.3 is 20.1 Å². The lowest BCUT2D eigenvalue weighted by Gasteiger charge is -2.19. The molecule has 10 heteroatoms. The minimum Gasteiger partial charge on any atom is -0.486 e. The van der Waals surface area contributed by atoms with Crippen LogP contribution in [0.4, 0.5) is 17.1 Å². The molecule has 0 aromatic heterocycles. The van der Waals surface area contributed by atoms with Crippen LogP contribution < -0.4 is 24.4 Å². The summed E-state index contributed by atoms with van der Waals surface area (Å²) >= 11 is 0. The maximum absolute atomic E-state index is 12.3. The van der Waals surface area contributed by atoms with E-state index >= 15 is 0 Å². The first-order valence-corrected chi connectivity index (χ1v) is 10.7. The number of sulfonamides is 1. The summed E-state index contributed by atoms with van der Waals surface area (Å²) < 4.78 is 36.3. The second-order valence-corrected chi connectivity index (χ2v) is 8.57. The van der Waals surface area contributed by atoms with Crippen molar-refractivity contribution < 1.29 is 27.5 Å². The third kappa shape index (κ3) is 4.11. The van der Waals surface area contributed by atoms with Gasteiger partial charge in [0.1, 0.15) is 13.2 Å². The summed E-state index contributed by atoms with van der Waals surface area (Å²) in [5, 5.41) is 4.99. The monoisotopic (exact) mass is 417 g/mol. The predicted octanol–water partition coefficient (Wildman–Crippen LogP) is 1.57. The predicted molar refractivity (Wildman–Crippen MR) is 107 cm³/mol. The van der Waals surface area contributed by atoms with Crippen LogP contribution in [0.1, 0.15) is 6.42 Å². The molecule has 2 aromatic carbocycles. The average Bonchev–Trinajstić information content (AvgIpc) is 3.07. The molecule has 29 heavy (non-hydrogen) atoms. The largest absolute Gasteiger partial charge is 0.486 e. The van der Waals surface area contributed by atoms with Gasteiger partial charge in [-0.05, 0) is 36.8 Å². The van der Waals surface area contributed by atoms with Gasteiger partial charge in [0.05, 0.1) is 11.4 Å². The van der Waals surface area contributed by atoms with E-state index in [1.807, 2.05) is 0 Å². The van der Waals surface area contributed by atoms with Crippen LogP contribution >= 0.6 is 0 Å². The number of carbonyl (C=O) groups is 2. The van der Waals surface area contributed by atoms with Gasteiger partial charge in [-0.25, -0.2) is 8.42 Å². The van der Waals surface area contributed by atoms with E-state index in [2.05, 4.69) is 10.6 Å². The highest BCUT2D eigenvalue weighted by Gasteiger charge is 2.28. The number of anilines is 3. The Morgan fingerprint density at radius 3 is 2.28 bits per heavy atom. The Hall–Kier alpha value is -3.27. The number of hydrogen-bond acceptors (Lipinski definition) is 6. The highest BCUT2D eigenvalue weighted by atomic mass is 32.2. The lowest BCUT2D eigenvalue weighted by Crippen LogP contribution is -2.29. The first-order valence-electron chi connectivity index (χ1n) is 9.05. The maximum Gasteiger partial charge on any atom is 0.314 e. The molecule has 2 N–H and O–H groups in total. The smallest absolute Gasteiger partial charge is 0.314 e. The van der Waals surface area contributed by atoms with Crippen molar-refractivity contribution in [2.75, 3.05) is 40.5 Å². The minimum absolute atomic E-state index is 0.0987. The molecule has 2 amide bonds. The normalized spacial score (nSPS) is 16.9. The molecule has 152 valence electrons. The van der Waals surface area contributed by atoms with Gasteiger partial charge in [0.2, 0.25) is 10.0 Å². The number of rotatable bonds is 3. The van der Waals surface area contributed by atoms with Gasteiger partial charge in [-0.2, -0.15) is 0 Å². The molecule has 0 bridgehead atoms. The molecule has 0 spiro atoms. The molecular formula is C19H19N3O6S. The Bertz CT molecular complexity index is 1070. The Kier molecular flexibility index (Phi) is 5.01. The summed E-state index contributed by atoms with van der Waals surface area (Å²) in [6.07, 6.45) is 0.552. The lowest BCUT2D eigenvalue weighted by atomic mass is 10.2. The second-order valence-electron chi connectivity index (χ2n) is 6.56. The third-order valence-corrected chi connectivity index (χ3v) is 6.37. The fourth-order valence-electron chi connectivity index (χ4n) is 3.17. The standard InChI is InChI=1S/C19H19N3O6S/c23-18(19(24)21-14-5-6-16-17(12-14)28-9-8-27-16)20-13-3-1-4-15(11-13)22-7-2-10-29(22,25)26/h1,3-6,11-12H,2,7-10H2,(H,20,23)(H,21,24). The summed E-state index contributed by atoms with van der Waals surface area (Å²) in [7, 11) is -3.33. The van der Waals surface area contributed by atoms with Crippen molar-refractivity contribution in [1.29, 1.82) is 0 Å². The quantitative estimate of drug-likeness (QED) is 0.733. The molecule has 2 heterocycles. The summed E-state index contributed by atoms with van der Waals surface area (Å²) in [4.78, 5) is 24.5. The Balaban J connectivity index is 1.43. The Labute approximate surface area is 167 Å². The van der Waals surface area contributed by atoms with Gasteiger partial charge in [-0.1, -0.05) is 6.07 Å². The lowest BCUT2D eigenvalue weighted by molar-refractivity contribution is -0.132. The molecule has 1 fully saturated rings. The van der Waals surface area contributed by atoms with Gasteiger partial charge in [-0.15, -0.1) is 0 Å². The summed E-state index contributed by atoms with van der Waals surface area (Å²) in [5.41, 5.74) is 1.17. The molecule has 1 saturated heterocycles. The summed E-state index contributed by atoms with van der Waals surface area (Å²) in [6.45, 7) is 1.26. The van der Waals surface area contributed by atoms with Gasteiger partial charge in [0, 0.05) is 24.0 Å². The molecule has 0 aliphatic carbocycles. The molecule has 2 aliphatic rings. The van der Waals surface area contributed by atoms with Crippen molar-refractivity contribution in [2.24, 2.45) is 0 Å². The molecule has 2 aliphatic heterocycles. The van der Waals surface area contributed by atoms with Crippen LogP contribution in [0.3, 0.4) is 0 Å². The molecule has 0 unspecified atom stereocenters. The maximum atomic E-state index is 12.3. The minimum atomic E-state index is -3.33. The number of hydrogen-bond donors (Lipinski definition) is 2. The van der Waals surface area contributed by atoms with Crippen LogP contribution in [0.25, 0.3) is 0 Å².